The average molecular weight is 299 g/mol. The van der Waals surface area contributed by atoms with Gasteiger partial charge >= 0.3 is 0 Å². The zero-order valence-electron chi connectivity index (χ0n) is 7.76. The van der Waals surface area contributed by atoms with Gasteiger partial charge in [-0.25, -0.2) is 13.9 Å². The van der Waals surface area contributed by atoms with E-state index in [1.807, 2.05) is 0 Å². The molecule has 80 valence electrons. The predicted molar refractivity (Wildman–Crippen MR) is 61.8 cm³/mol. The minimum atomic E-state index is -0.372. The fourth-order valence-electron chi connectivity index (χ4n) is 1.37. The van der Waals surface area contributed by atoms with Crippen molar-refractivity contribution in [3.05, 3.63) is 34.4 Å². The van der Waals surface area contributed by atoms with Gasteiger partial charge in [0.2, 0.25) is 4.96 Å². The molecule has 0 aliphatic carbocycles. The highest BCUT2D eigenvalue weighted by Crippen LogP contribution is 2.24. The molecule has 3 rings (SSSR count). The van der Waals surface area contributed by atoms with E-state index in [9.17, 15) is 4.39 Å². The Morgan fingerprint density at radius 1 is 1.38 bits per heavy atom. The van der Waals surface area contributed by atoms with Gasteiger partial charge in [0.15, 0.2) is 3.92 Å². The van der Waals surface area contributed by atoms with Crippen LogP contribution in [-0.4, -0.2) is 19.6 Å². The van der Waals surface area contributed by atoms with Crippen molar-refractivity contribution in [3.63, 3.8) is 0 Å². The molecule has 0 aromatic carbocycles. The highest BCUT2D eigenvalue weighted by Gasteiger charge is 2.08. The minimum Gasteiger partial charge on any atom is -0.261 e. The molecular formula is C9H4BrFN4S. The Morgan fingerprint density at radius 2 is 2.25 bits per heavy atom. The molecule has 0 saturated heterocycles. The Hall–Kier alpha value is -1.34. The van der Waals surface area contributed by atoms with E-state index in [4.69, 9.17) is 0 Å². The van der Waals surface area contributed by atoms with Gasteiger partial charge in [-0.1, -0.05) is 11.3 Å². The predicted octanol–water partition coefficient (Wildman–Crippen LogP) is 2.75. The largest absolute Gasteiger partial charge is 0.261 e. The molecule has 0 amide bonds. The van der Waals surface area contributed by atoms with Crippen molar-refractivity contribution < 1.29 is 4.39 Å². The highest BCUT2D eigenvalue weighted by atomic mass is 79.9. The molecule has 0 aliphatic heterocycles. The van der Waals surface area contributed by atoms with Crippen LogP contribution in [0.2, 0.25) is 0 Å². The number of nitrogens with zero attached hydrogens (tertiary/aromatic N) is 4. The Balaban J connectivity index is 2.15. The van der Waals surface area contributed by atoms with Gasteiger partial charge in [0.25, 0.3) is 0 Å². The smallest absolute Gasteiger partial charge is 0.213 e. The fraction of sp³-hybridized carbons (Fsp3) is 0. The zero-order chi connectivity index (χ0) is 11.1. The Kier molecular flexibility index (Phi) is 2.22. The quantitative estimate of drug-likeness (QED) is 0.694. The zero-order valence-corrected chi connectivity index (χ0v) is 10.2. The summed E-state index contributed by atoms with van der Waals surface area (Å²) in [6, 6.07) is 1.40. The first-order valence-electron chi connectivity index (χ1n) is 4.35. The summed E-state index contributed by atoms with van der Waals surface area (Å²) < 4.78 is 15.4. The van der Waals surface area contributed by atoms with Crippen LogP contribution in [0.15, 0.2) is 28.6 Å². The maximum atomic E-state index is 13.0. The fourth-order valence-corrected chi connectivity index (χ4v) is 2.58. The van der Waals surface area contributed by atoms with E-state index in [1.165, 1.54) is 17.4 Å². The summed E-state index contributed by atoms with van der Waals surface area (Å²) in [5, 5.41) is 4.16. The normalized spacial score (nSPS) is 11.1. The van der Waals surface area contributed by atoms with E-state index in [-0.39, 0.29) is 5.82 Å². The summed E-state index contributed by atoms with van der Waals surface area (Å²) in [6.45, 7) is 0. The lowest BCUT2D eigenvalue weighted by Gasteiger charge is -1.94. The number of aromatic nitrogens is 4. The lowest BCUT2D eigenvalue weighted by molar-refractivity contribution is 0.622. The molecule has 3 aromatic heterocycles. The molecule has 0 aliphatic rings. The highest BCUT2D eigenvalue weighted by molar-refractivity contribution is 9.11. The number of rotatable bonds is 1. The van der Waals surface area contributed by atoms with Crippen LogP contribution in [0.4, 0.5) is 4.39 Å². The number of halogens is 2. The number of hydrogen-bond acceptors (Lipinski definition) is 4. The van der Waals surface area contributed by atoms with Crippen LogP contribution in [0.25, 0.3) is 16.2 Å². The van der Waals surface area contributed by atoms with Crippen molar-refractivity contribution in [3.8, 4) is 11.3 Å². The van der Waals surface area contributed by atoms with Gasteiger partial charge in [-0.15, -0.1) is 5.10 Å². The average Bonchev–Trinajstić information content (AvgIpc) is 2.74. The van der Waals surface area contributed by atoms with Gasteiger partial charge < -0.3 is 0 Å². The number of imidazole rings is 1. The second kappa shape index (κ2) is 3.60. The molecule has 0 spiro atoms. The summed E-state index contributed by atoms with van der Waals surface area (Å²) in [5.74, 6) is -0.372. The molecule has 4 nitrogen and oxygen atoms in total. The molecule has 16 heavy (non-hydrogen) atoms. The second-order valence-electron chi connectivity index (χ2n) is 3.10. The van der Waals surface area contributed by atoms with E-state index in [0.29, 0.717) is 11.3 Å². The van der Waals surface area contributed by atoms with E-state index >= 15 is 0 Å². The molecule has 0 bridgehead atoms. The van der Waals surface area contributed by atoms with Crippen LogP contribution in [0.3, 0.4) is 0 Å². The lowest BCUT2D eigenvalue weighted by Crippen LogP contribution is -1.83. The summed E-state index contributed by atoms with van der Waals surface area (Å²) >= 11 is 4.69. The third-order valence-corrected chi connectivity index (χ3v) is 3.37. The van der Waals surface area contributed by atoms with Crippen LogP contribution in [0, 0.1) is 5.82 Å². The van der Waals surface area contributed by atoms with E-state index in [2.05, 4.69) is 31.0 Å². The van der Waals surface area contributed by atoms with Gasteiger partial charge in [0.1, 0.15) is 5.82 Å². The molecule has 0 N–H and O–H groups in total. The van der Waals surface area contributed by atoms with Gasteiger partial charge in [0, 0.05) is 11.8 Å². The van der Waals surface area contributed by atoms with Crippen molar-refractivity contribution in [2.45, 2.75) is 0 Å². The minimum absolute atomic E-state index is 0.372. The van der Waals surface area contributed by atoms with E-state index in [0.717, 1.165) is 15.1 Å². The monoisotopic (exact) mass is 298 g/mol. The topological polar surface area (TPSA) is 43.1 Å². The van der Waals surface area contributed by atoms with Crippen LogP contribution in [-0.2, 0) is 0 Å². The van der Waals surface area contributed by atoms with Crippen LogP contribution in [0.1, 0.15) is 0 Å². The summed E-state index contributed by atoms with van der Waals surface area (Å²) in [6.07, 6.45) is 4.48. The number of hydrogen-bond donors (Lipinski definition) is 0. The molecule has 7 heteroatoms. The van der Waals surface area contributed by atoms with Gasteiger partial charge in [-0.3, -0.25) is 4.98 Å². The van der Waals surface area contributed by atoms with Crippen molar-refractivity contribution >= 4 is 32.2 Å². The van der Waals surface area contributed by atoms with Gasteiger partial charge in [0.05, 0.1) is 18.1 Å². The molecule has 0 radical (unpaired) electrons. The molecular weight excluding hydrogens is 295 g/mol. The molecule has 0 atom stereocenters. The standard InChI is InChI=1S/C9H4BrFN4S/c10-8-14-15-4-7(13-9(15)16-8)5-1-6(11)3-12-2-5/h1-4H. The third kappa shape index (κ3) is 1.61. The van der Waals surface area contributed by atoms with Crippen molar-refractivity contribution in [2.24, 2.45) is 0 Å². The molecule has 3 aromatic rings. The van der Waals surface area contributed by atoms with E-state index in [1.54, 1.807) is 16.9 Å². The first-order valence-corrected chi connectivity index (χ1v) is 5.96. The number of fused-ring (bicyclic) bond motifs is 1. The Morgan fingerprint density at radius 3 is 3.00 bits per heavy atom. The first-order chi connectivity index (χ1) is 7.72. The molecule has 0 fully saturated rings. The van der Waals surface area contributed by atoms with Gasteiger partial charge in [-0.05, 0) is 22.0 Å². The van der Waals surface area contributed by atoms with E-state index < -0.39 is 0 Å². The number of pyridine rings is 1. The molecule has 3 heterocycles. The van der Waals surface area contributed by atoms with Crippen LogP contribution >= 0.6 is 27.3 Å². The summed E-state index contributed by atoms with van der Waals surface area (Å²) in [5.41, 5.74) is 1.31. The van der Waals surface area contributed by atoms with Crippen LogP contribution < -0.4 is 0 Å². The Labute approximate surface area is 102 Å². The lowest BCUT2D eigenvalue weighted by atomic mass is 10.2. The van der Waals surface area contributed by atoms with Gasteiger partial charge in [-0.2, -0.15) is 0 Å². The Bertz CT molecular complexity index is 631. The summed E-state index contributed by atoms with van der Waals surface area (Å²) in [4.78, 5) is 8.87. The molecule has 0 unspecified atom stereocenters. The second-order valence-corrected chi connectivity index (χ2v) is 5.33. The first kappa shape index (κ1) is 9.86. The van der Waals surface area contributed by atoms with Crippen molar-refractivity contribution in [1.82, 2.24) is 19.6 Å². The SMILES string of the molecule is Fc1cncc(-c2cn3nc(Br)sc3n2)c1. The molecule has 0 saturated carbocycles. The van der Waals surface area contributed by atoms with Crippen molar-refractivity contribution in [2.75, 3.05) is 0 Å². The van der Waals surface area contributed by atoms with Crippen molar-refractivity contribution in [1.29, 1.82) is 0 Å². The van der Waals surface area contributed by atoms with Crippen LogP contribution in [0.5, 0.6) is 0 Å². The maximum absolute atomic E-state index is 13.0. The maximum Gasteiger partial charge on any atom is 0.213 e. The summed E-state index contributed by atoms with van der Waals surface area (Å²) in [7, 11) is 0. The third-order valence-electron chi connectivity index (χ3n) is 2.02.